The van der Waals surface area contributed by atoms with Crippen LogP contribution < -0.4 is 16.0 Å². The number of urea groups is 1. The molecule has 0 aliphatic heterocycles. The normalized spacial score (nSPS) is 9.69. The summed E-state index contributed by atoms with van der Waals surface area (Å²) in [6, 6.07) is 5.00. The average molecular weight is 350 g/mol. The second-order valence-electron chi connectivity index (χ2n) is 2.97. The number of carbonyl (C=O) groups excluding carboxylic acids is 1. The summed E-state index contributed by atoms with van der Waals surface area (Å²) >= 11 is 6.69. The van der Waals surface area contributed by atoms with Gasteiger partial charge in [0.2, 0.25) is 0 Å². The zero-order valence-corrected chi connectivity index (χ0v) is 11.6. The Balaban J connectivity index is 3.00. The van der Waals surface area contributed by atoms with E-state index < -0.39 is 6.03 Å². The molecule has 0 bridgehead atoms. The third-order valence-corrected chi connectivity index (χ3v) is 3.10. The highest BCUT2D eigenvalue weighted by Gasteiger charge is 2.16. The number of halogens is 2. The van der Waals surface area contributed by atoms with Crippen LogP contribution in [0.3, 0.4) is 0 Å². The predicted molar refractivity (Wildman–Crippen MR) is 70.7 cm³/mol. The fraction of sp³-hybridized carbons (Fsp3) is 0.111. The van der Waals surface area contributed by atoms with Crippen LogP contribution in [0.15, 0.2) is 27.1 Å². The lowest BCUT2D eigenvalue weighted by atomic mass is 10.3. The minimum Gasteiger partial charge on any atom is -0.370 e. The van der Waals surface area contributed by atoms with Crippen molar-refractivity contribution in [2.45, 2.75) is 0 Å². The van der Waals surface area contributed by atoms with Crippen LogP contribution >= 0.6 is 31.9 Å². The van der Waals surface area contributed by atoms with Gasteiger partial charge in [-0.05, 0) is 44.0 Å². The quantitative estimate of drug-likeness (QED) is 0.536. The summed E-state index contributed by atoms with van der Waals surface area (Å²) in [6.07, 6.45) is 0. The number of amides is 2. The molecule has 86 valence electrons. The number of hydrogen-bond acceptors (Lipinski definition) is 2. The Kier molecular flexibility index (Phi) is 4.31. The minimum absolute atomic E-state index is 0.389. The molecule has 0 unspecified atom stereocenters. The van der Waals surface area contributed by atoms with E-state index in [4.69, 9.17) is 11.1 Å². The molecule has 5 nitrogen and oxygen atoms in total. The summed E-state index contributed by atoms with van der Waals surface area (Å²) < 4.78 is 1.53. The zero-order valence-electron chi connectivity index (χ0n) is 8.42. The number of nitrogens with one attached hydrogen (secondary N) is 2. The van der Waals surface area contributed by atoms with Gasteiger partial charge in [0.25, 0.3) is 0 Å². The van der Waals surface area contributed by atoms with Crippen LogP contribution in [0.2, 0.25) is 0 Å². The molecule has 0 spiro atoms. The summed E-state index contributed by atoms with van der Waals surface area (Å²) in [6.45, 7) is 0. The van der Waals surface area contributed by atoms with Gasteiger partial charge in [0.05, 0.1) is 5.69 Å². The van der Waals surface area contributed by atoms with E-state index in [2.05, 4.69) is 37.2 Å². The van der Waals surface area contributed by atoms with Crippen molar-refractivity contribution in [2.24, 2.45) is 5.73 Å². The molecular formula is C9H10Br2N4O. The minimum atomic E-state index is -0.472. The van der Waals surface area contributed by atoms with E-state index >= 15 is 0 Å². The number of para-hydroxylation sites is 1. The van der Waals surface area contributed by atoms with E-state index in [1.807, 2.05) is 18.2 Å². The molecule has 1 rings (SSSR count). The van der Waals surface area contributed by atoms with Gasteiger partial charge < -0.3 is 5.73 Å². The smallest absolute Gasteiger partial charge is 0.328 e. The lowest BCUT2D eigenvalue weighted by molar-refractivity contribution is 0.251. The van der Waals surface area contributed by atoms with E-state index in [-0.39, 0.29) is 5.96 Å². The summed E-state index contributed by atoms with van der Waals surface area (Å²) in [5.41, 5.74) is 5.75. The van der Waals surface area contributed by atoms with Gasteiger partial charge in [0, 0.05) is 16.0 Å². The summed E-state index contributed by atoms with van der Waals surface area (Å²) in [5.74, 6) is -0.389. The van der Waals surface area contributed by atoms with Crippen LogP contribution in [-0.4, -0.2) is 19.0 Å². The van der Waals surface area contributed by atoms with Crippen LogP contribution in [0.5, 0.6) is 0 Å². The fourth-order valence-corrected chi connectivity index (χ4v) is 2.64. The van der Waals surface area contributed by atoms with Crippen molar-refractivity contribution < 1.29 is 4.79 Å². The highest BCUT2D eigenvalue weighted by Crippen LogP contribution is 2.33. The second kappa shape index (κ2) is 5.31. The molecule has 4 N–H and O–H groups in total. The first-order valence-electron chi connectivity index (χ1n) is 4.26. The Bertz CT molecular complexity index is 415. The third kappa shape index (κ3) is 2.96. The van der Waals surface area contributed by atoms with Crippen molar-refractivity contribution in [3.63, 3.8) is 0 Å². The molecule has 0 saturated carbocycles. The van der Waals surface area contributed by atoms with Gasteiger partial charge in [-0.2, -0.15) is 0 Å². The summed E-state index contributed by atoms with van der Waals surface area (Å²) in [4.78, 5) is 13.0. The Morgan fingerprint density at radius 2 is 1.94 bits per heavy atom. The van der Waals surface area contributed by atoms with Crippen molar-refractivity contribution in [1.29, 1.82) is 5.41 Å². The van der Waals surface area contributed by atoms with Crippen LogP contribution in [0, 0.1) is 5.41 Å². The number of carbonyl (C=O) groups is 1. The van der Waals surface area contributed by atoms with E-state index in [1.54, 1.807) is 7.05 Å². The highest BCUT2D eigenvalue weighted by atomic mass is 79.9. The Labute approximate surface area is 110 Å². The number of nitrogens with two attached hydrogens (primary N) is 1. The highest BCUT2D eigenvalue weighted by molar-refractivity contribution is 9.11. The molecule has 1 aromatic carbocycles. The summed E-state index contributed by atoms with van der Waals surface area (Å²) in [7, 11) is 1.59. The van der Waals surface area contributed by atoms with Gasteiger partial charge in [0.15, 0.2) is 5.96 Å². The zero-order chi connectivity index (χ0) is 12.3. The lowest BCUT2D eigenvalue weighted by Crippen LogP contribution is -2.44. The Hall–Kier alpha value is -1.08. The number of nitrogens with zero attached hydrogens (tertiary/aromatic N) is 1. The fourth-order valence-electron chi connectivity index (χ4n) is 1.11. The van der Waals surface area contributed by atoms with E-state index in [0.717, 1.165) is 8.95 Å². The van der Waals surface area contributed by atoms with Crippen molar-refractivity contribution >= 4 is 49.5 Å². The molecule has 0 aliphatic carbocycles. The Morgan fingerprint density at radius 3 is 2.38 bits per heavy atom. The summed E-state index contributed by atoms with van der Waals surface area (Å²) in [5, 5.41) is 9.19. The molecule has 0 aliphatic rings. The van der Waals surface area contributed by atoms with Gasteiger partial charge >= 0.3 is 6.03 Å². The second-order valence-corrected chi connectivity index (χ2v) is 4.68. The first kappa shape index (κ1) is 13.0. The number of rotatable bonds is 1. The topological polar surface area (TPSA) is 82.2 Å². The first-order valence-corrected chi connectivity index (χ1v) is 5.85. The Morgan fingerprint density at radius 1 is 1.44 bits per heavy atom. The number of hydrogen-bond donors (Lipinski definition) is 3. The number of benzene rings is 1. The number of guanidine groups is 1. The van der Waals surface area contributed by atoms with Crippen molar-refractivity contribution in [2.75, 3.05) is 11.9 Å². The molecule has 0 heterocycles. The molecule has 16 heavy (non-hydrogen) atoms. The van der Waals surface area contributed by atoms with Gasteiger partial charge in [-0.15, -0.1) is 0 Å². The molecule has 0 aromatic heterocycles. The monoisotopic (exact) mass is 348 g/mol. The number of anilines is 1. The van der Waals surface area contributed by atoms with E-state index in [1.165, 1.54) is 4.90 Å². The van der Waals surface area contributed by atoms with E-state index in [0.29, 0.717) is 5.69 Å². The maximum absolute atomic E-state index is 11.6. The van der Waals surface area contributed by atoms with Crippen molar-refractivity contribution in [3.05, 3.63) is 27.1 Å². The molecule has 0 saturated heterocycles. The molecule has 0 fully saturated rings. The maximum Gasteiger partial charge on any atom is 0.328 e. The molecule has 0 atom stereocenters. The molecule has 0 radical (unpaired) electrons. The van der Waals surface area contributed by atoms with Gasteiger partial charge in [-0.3, -0.25) is 15.6 Å². The van der Waals surface area contributed by atoms with Crippen LogP contribution in [0.4, 0.5) is 10.5 Å². The first-order chi connectivity index (χ1) is 7.43. The molecule has 2 amide bonds. The molecule has 1 aromatic rings. The van der Waals surface area contributed by atoms with E-state index in [9.17, 15) is 4.79 Å². The van der Waals surface area contributed by atoms with Gasteiger partial charge in [0.1, 0.15) is 0 Å². The molecule has 7 heteroatoms. The van der Waals surface area contributed by atoms with Crippen LogP contribution in [-0.2, 0) is 0 Å². The SMILES string of the molecule is CN(C(=O)NC(=N)N)c1c(Br)cccc1Br. The van der Waals surface area contributed by atoms with Gasteiger partial charge in [-0.1, -0.05) is 6.07 Å². The predicted octanol–water partition coefficient (Wildman–Crippen LogP) is 2.25. The van der Waals surface area contributed by atoms with Crippen LogP contribution in [0.1, 0.15) is 0 Å². The van der Waals surface area contributed by atoms with Crippen LogP contribution in [0.25, 0.3) is 0 Å². The lowest BCUT2D eigenvalue weighted by Gasteiger charge is -2.20. The van der Waals surface area contributed by atoms with Crippen molar-refractivity contribution in [3.8, 4) is 0 Å². The van der Waals surface area contributed by atoms with Crippen molar-refractivity contribution in [1.82, 2.24) is 5.32 Å². The maximum atomic E-state index is 11.6. The largest absolute Gasteiger partial charge is 0.370 e. The van der Waals surface area contributed by atoms with Gasteiger partial charge in [-0.25, -0.2) is 4.79 Å². The third-order valence-electron chi connectivity index (χ3n) is 1.82. The average Bonchev–Trinajstić information content (AvgIpc) is 2.16. The standard InChI is InChI=1S/C9H10Br2N4O/c1-15(9(16)14-8(12)13)7-5(10)3-2-4-6(7)11/h2-4H,1H3,(H4,12,13,14,16). The molecular weight excluding hydrogens is 340 g/mol.